The summed E-state index contributed by atoms with van der Waals surface area (Å²) in [5.74, 6) is -7.07. The topological polar surface area (TPSA) is 29.0 Å². The number of aromatic nitrogens is 2. The molecule has 26 heavy (non-hydrogen) atoms. The largest absolute Gasteiger partial charge is 0.350 e. The van der Waals surface area contributed by atoms with Gasteiger partial charge in [-0.25, -0.2) is 31.9 Å². The van der Waals surface area contributed by atoms with E-state index in [-0.39, 0.29) is 23.8 Å². The molecule has 0 radical (unpaired) electrons. The molecule has 0 bridgehead atoms. The maximum atomic E-state index is 13.6. The van der Waals surface area contributed by atoms with Crippen molar-refractivity contribution >= 4 is 17.4 Å². The molecule has 1 saturated heterocycles. The molecule has 2 aliphatic rings. The zero-order valence-corrected chi connectivity index (χ0v) is 14.1. The Morgan fingerprint density at radius 3 is 2.42 bits per heavy atom. The molecule has 2 heterocycles. The molecule has 2 aromatic rings. The third kappa shape index (κ3) is 2.90. The fourth-order valence-electron chi connectivity index (χ4n) is 3.69. The second-order valence-electron chi connectivity index (χ2n) is 6.60. The summed E-state index contributed by atoms with van der Waals surface area (Å²) >= 11 is 5.97. The van der Waals surface area contributed by atoms with Crippen LogP contribution >= 0.6 is 11.6 Å². The minimum atomic E-state index is -2.80. The first kappa shape index (κ1) is 17.5. The molecule has 0 saturated carbocycles. The van der Waals surface area contributed by atoms with E-state index in [2.05, 4.69) is 9.97 Å². The van der Waals surface area contributed by atoms with Gasteiger partial charge in [0, 0.05) is 24.4 Å². The van der Waals surface area contributed by atoms with Crippen LogP contribution in [-0.4, -0.2) is 29.0 Å². The molecule has 3 nitrogen and oxygen atoms in total. The van der Waals surface area contributed by atoms with Gasteiger partial charge in [0.25, 0.3) is 5.92 Å². The summed E-state index contributed by atoms with van der Waals surface area (Å²) in [5, 5.41) is -0.121. The van der Waals surface area contributed by atoms with E-state index in [1.165, 1.54) is 4.90 Å². The van der Waals surface area contributed by atoms with Gasteiger partial charge in [-0.05, 0) is 42.1 Å². The summed E-state index contributed by atoms with van der Waals surface area (Å²) < 4.78 is 67.5. The van der Waals surface area contributed by atoms with Gasteiger partial charge in [0.1, 0.15) is 5.82 Å². The van der Waals surface area contributed by atoms with Gasteiger partial charge in [0.2, 0.25) is 5.28 Å². The summed E-state index contributed by atoms with van der Waals surface area (Å²) in [7, 11) is 0. The normalized spacial score (nSPS) is 21.3. The van der Waals surface area contributed by atoms with Crippen molar-refractivity contribution in [3.05, 3.63) is 51.7 Å². The Kier molecular flexibility index (Phi) is 4.06. The van der Waals surface area contributed by atoms with Crippen LogP contribution in [0.2, 0.25) is 5.28 Å². The fraction of sp³-hybridized carbons (Fsp3) is 0.412. The second-order valence-corrected chi connectivity index (χ2v) is 6.94. The molecule has 1 atom stereocenters. The summed E-state index contributed by atoms with van der Waals surface area (Å²) in [5.41, 5.74) is 1.32. The number of hydrogen-bond donors (Lipinski definition) is 0. The highest BCUT2D eigenvalue weighted by Crippen LogP contribution is 2.43. The molecular formula is C17H13ClF5N3. The van der Waals surface area contributed by atoms with Crippen LogP contribution in [0.3, 0.4) is 0 Å². The first-order valence-electron chi connectivity index (χ1n) is 8.09. The third-order valence-electron chi connectivity index (χ3n) is 4.88. The van der Waals surface area contributed by atoms with Gasteiger partial charge in [0.15, 0.2) is 17.5 Å². The van der Waals surface area contributed by atoms with Crippen LogP contribution in [0.5, 0.6) is 0 Å². The molecule has 1 aliphatic carbocycles. The van der Waals surface area contributed by atoms with Crippen LogP contribution < -0.4 is 4.90 Å². The average molecular weight is 390 g/mol. The van der Waals surface area contributed by atoms with Gasteiger partial charge in [-0.15, -0.1) is 0 Å². The number of anilines is 1. The summed E-state index contributed by atoms with van der Waals surface area (Å²) in [6.45, 7) is -0.325. The minimum Gasteiger partial charge on any atom is -0.350 e. The Hall–Kier alpha value is -1.96. The first-order chi connectivity index (χ1) is 12.2. The van der Waals surface area contributed by atoms with Gasteiger partial charge in [-0.3, -0.25) is 0 Å². The molecular weight excluding hydrogens is 377 g/mol. The summed E-state index contributed by atoms with van der Waals surface area (Å²) in [4.78, 5) is 9.73. The lowest BCUT2D eigenvalue weighted by molar-refractivity contribution is 0.0256. The Morgan fingerprint density at radius 1 is 1.12 bits per heavy atom. The van der Waals surface area contributed by atoms with E-state index < -0.39 is 35.8 Å². The molecule has 9 heteroatoms. The Bertz CT molecular complexity index is 866. The van der Waals surface area contributed by atoms with Gasteiger partial charge >= 0.3 is 0 Å². The number of alkyl halides is 2. The highest BCUT2D eigenvalue weighted by atomic mass is 35.5. The zero-order chi connectivity index (χ0) is 18.6. The number of nitrogens with zero attached hydrogens (tertiary/aromatic N) is 3. The van der Waals surface area contributed by atoms with Crippen molar-refractivity contribution in [1.29, 1.82) is 0 Å². The van der Waals surface area contributed by atoms with Gasteiger partial charge in [-0.2, -0.15) is 0 Å². The van der Waals surface area contributed by atoms with Crippen LogP contribution in [0.4, 0.5) is 27.8 Å². The molecule has 1 aromatic carbocycles. The molecule has 4 rings (SSSR count). The van der Waals surface area contributed by atoms with Gasteiger partial charge in [0.05, 0.1) is 12.2 Å². The van der Waals surface area contributed by atoms with E-state index in [1.807, 2.05) is 0 Å². The average Bonchev–Trinajstić information content (AvgIpc) is 3.14. The van der Waals surface area contributed by atoms with E-state index >= 15 is 0 Å². The second kappa shape index (κ2) is 6.04. The molecule has 1 unspecified atom stereocenters. The van der Waals surface area contributed by atoms with E-state index in [1.54, 1.807) is 0 Å². The predicted molar refractivity (Wildman–Crippen MR) is 85.3 cm³/mol. The Balaban J connectivity index is 1.76. The number of benzene rings is 1. The lowest BCUT2D eigenvalue weighted by Crippen LogP contribution is -2.27. The monoisotopic (exact) mass is 389 g/mol. The van der Waals surface area contributed by atoms with Crippen molar-refractivity contribution in [3.63, 3.8) is 0 Å². The maximum absolute atomic E-state index is 13.6. The minimum absolute atomic E-state index is 0.121. The van der Waals surface area contributed by atoms with Gasteiger partial charge < -0.3 is 4.90 Å². The van der Waals surface area contributed by atoms with E-state index in [9.17, 15) is 22.0 Å². The van der Waals surface area contributed by atoms with Crippen molar-refractivity contribution in [2.24, 2.45) is 0 Å². The van der Waals surface area contributed by atoms with Crippen molar-refractivity contribution in [3.8, 4) is 0 Å². The SMILES string of the molecule is Fc1cc(C2CCc3c2nc(Cl)nc3N2CCC(F)(F)C2)cc(F)c1F. The van der Waals surface area contributed by atoms with E-state index in [4.69, 9.17) is 11.6 Å². The van der Waals surface area contributed by atoms with Crippen LogP contribution in [0, 0.1) is 17.5 Å². The summed E-state index contributed by atoms with van der Waals surface area (Å²) in [6, 6.07) is 1.86. The summed E-state index contributed by atoms with van der Waals surface area (Å²) in [6.07, 6.45) is 0.627. The van der Waals surface area contributed by atoms with Crippen molar-refractivity contribution in [2.45, 2.75) is 31.1 Å². The number of hydrogen-bond acceptors (Lipinski definition) is 3. The lowest BCUT2D eigenvalue weighted by Gasteiger charge is -2.20. The lowest BCUT2D eigenvalue weighted by atomic mass is 9.96. The Morgan fingerprint density at radius 2 is 1.81 bits per heavy atom. The van der Waals surface area contributed by atoms with Crippen molar-refractivity contribution in [2.75, 3.05) is 18.0 Å². The predicted octanol–water partition coefficient (Wildman–Crippen LogP) is 4.47. The highest BCUT2D eigenvalue weighted by Gasteiger charge is 2.41. The Labute approximate surface area is 150 Å². The maximum Gasteiger partial charge on any atom is 0.266 e. The molecule has 1 fully saturated rings. The number of rotatable bonds is 2. The first-order valence-corrected chi connectivity index (χ1v) is 8.46. The van der Waals surface area contributed by atoms with Crippen LogP contribution in [0.25, 0.3) is 0 Å². The van der Waals surface area contributed by atoms with E-state index in [0.29, 0.717) is 29.9 Å². The molecule has 138 valence electrons. The van der Waals surface area contributed by atoms with E-state index in [0.717, 1.165) is 12.1 Å². The van der Waals surface area contributed by atoms with Crippen LogP contribution in [0.15, 0.2) is 12.1 Å². The van der Waals surface area contributed by atoms with Crippen LogP contribution in [0.1, 0.15) is 35.6 Å². The van der Waals surface area contributed by atoms with Crippen LogP contribution in [-0.2, 0) is 6.42 Å². The van der Waals surface area contributed by atoms with Gasteiger partial charge in [-0.1, -0.05) is 0 Å². The molecule has 0 N–H and O–H groups in total. The molecule has 1 aromatic heterocycles. The molecule has 1 aliphatic heterocycles. The number of halogens is 6. The molecule has 0 amide bonds. The fourth-order valence-corrected chi connectivity index (χ4v) is 3.86. The molecule has 0 spiro atoms. The smallest absolute Gasteiger partial charge is 0.266 e. The zero-order valence-electron chi connectivity index (χ0n) is 13.4. The van der Waals surface area contributed by atoms with Crippen molar-refractivity contribution < 1.29 is 22.0 Å². The number of fused-ring (bicyclic) bond motifs is 1. The third-order valence-corrected chi connectivity index (χ3v) is 5.05. The van der Waals surface area contributed by atoms with Crippen molar-refractivity contribution in [1.82, 2.24) is 9.97 Å². The standard InChI is InChI=1S/C17H13ClF5N3/c18-16-24-14-9(8-5-11(19)13(21)12(20)6-8)1-2-10(14)15(25-16)26-4-3-17(22,23)7-26/h5-6,9H,1-4,7H2. The highest BCUT2D eigenvalue weighted by molar-refractivity contribution is 6.28. The quantitative estimate of drug-likeness (QED) is 0.431.